The van der Waals surface area contributed by atoms with Gasteiger partial charge in [0.1, 0.15) is 0 Å². The van der Waals surface area contributed by atoms with Crippen LogP contribution in [-0.4, -0.2) is 17.9 Å². The first kappa shape index (κ1) is 13.3. The zero-order valence-electron chi connectivity index (χ0n) is 11.8. The summed E-state index contributed by atoms with van der Waals surface area (Å²) in [5, 5.41) is 9.38. The van der Waals surface area contributed by atoms with E-state index >= 15 is 0 Å². The monoisotopic (exact) mass is 282 g/mol. The Morgan fingerprint density at radius 3 is 2.43 bits per heavy atom. The Morgan fingerprint density at radius 1 is 1.10 bits per heavy atom. The van der Waals surface area contributed by atoms with Crippen LogP contribution < -0.4 is 22.1 Å². The number of nitrogen functional groups attached to an aromatic ring is 1. The van der Waals surface area contributed by atoms with Crippen molar-refractivity contribution in [3.8, 4) is 0 Å². The fourth-order valence-electron chi connectivity index (χ4n) is 2.12. The van der Waals surface area contributed by atoms with Gasteiger partial charge in [-0.3, -0.25) is 5.01 Å². The lowest BCUT2D eigenvalue weighted by molar-refractivity contribution is 0.349. The van der Waals surface area contributed by atoms with Crippen molar-refractivity contribution < 1.29 is 0 Å². The lowest BCUT2D eigenvalue weighted by Crippen LogP contribution is -2.37. The number of nitrogens with one attached hydrogen (secondary N) is 3. The van der Waals surface area contributed by atoms with Crippen LogP contribution in [0.4, 0.5) is 11.4 Å². The summed E-state index contributed by atoms with van der Waals surface area (Å²) in [5.41, 5.74) is 15.4. The first-order chi connectivity index (χ1) is 10.2. The van der Waals surface area contributed by atoms with Crippen molar-refractivity contribution in [2.45, 2.75) is 6.54 Å². The Kier molecular flexibility index (Phi) is 3.61. The molecule has 0 radical (unpaired) electrons. The molecule has 2 aromatic rings. The average molecular weight is 282 g/mol. The third kappa shape index (κ3) is 3.06. The van der Waals surface area contributed by atoms with Gasteiger partial charge >= 0.3 is 0 Å². The van der Waals surface area contributed by atoms with Crippen molar-refractivity contribution in [3.63, 3.8) is 0 Å². The number of benzene rings is 2. The van der Waals surface area contributed by atoms with Gasteiger partial charge in [-0.25, -0.2) is 5.53 Å². The van der Waals surface area contributed by atoms with Gasteiger partial charge in [0.05, 0.1) is 0 Å². The first-order valence-electron chi connectivity index (χ1n) is 6.73. The molecule has 0 amide bonds. The van der Waals surface area contributed by atoms with Gasteiger partial charge in [0.2, 0.25) is 0 Å². The molecule has 5 N–H and O–H groups in total. The highest BCUT2D eigenvalue weighted by molar-refractivity contribution is 5.99. The normalized spacial score (nSPS) is 13.8. The van der Waals surface area contributed by atoms with Crippen molar-refractivity contribution in [1.82, 2.24) is 16.1 Å². The van der Waals surface area contributed by atoms with E-state index in [0.717, 1.165) is 29.3 Å². The molecule has 0 atom stereocenters. The molecular formula is C15H18N6. The van der Waals surface area contributed by atoms with Gasteiger partial charge in [-0.15, -0.1) is 10.6 Å². The molecule has 6 heteroatoms. The maximum Gasteiger partial charge on any atom is 0.172 e. The smallest absolute Gasteiger partial charge is 0.172 e. The number of hydrogen-bond acceptors (Lipinski definition) is 6. The van der Waals surface area contributed by atoms with Gasteiger partial charge in [-0.2, -0.15) is 0 Å². The predicted molar refractivity (Wildman–Crippen MR) is 85.2 cm³/mol. The summed E-state index contributed by atoms with van der Waals surface area (Å²) in [6, 6.07) is 16.0. The molecule has 0 bridgehead atoms. The van der Waals surface area contributed by atoms with Crippen LogP contribution in [0.3, 0.4) is 0 Å². The fourth-order valence-corrected chi connectivity index (χ4v) is 2.12. The van der Waals surface area contributed by atoms with Crippen LogP contribution in [0.25, 0.3) is 0 Å². The van der Waals surface area contributed by atoms with Gasteiger partial charge < -0.3 is 11.1 Å². The minimum Gasteiger partial charge on any atom is -0.399 e. The largest absolute Gasteiger partial charge is 0.399 e. The van der Waals surface area contributed by atoms with Gasteiger partial charge in [0.25, 0.3) is 0 Å². The zero-order valence-corrected chi connectivity index (χ0v) is 11.8. The average Bonchev–Trinajstić information content (AvgIpc) is 2.93. The summed E-state index contributed by atoms with van der Waals surface area (Å²) >= 11 is 0. The Bertz CT molecular complexity index is 632. The lowest BCUT2D eigenvalue weighted by atomic mass is 10.1. The minimum absolute atomic E-state index is 0.767. The molecule has 0 unspecified atom stereocenters. The van der Waals surface area contributed by atoms with Gasteiger partial charge in [0, 0.05) is 30.5 Å². The molecule has 1 heterocycles. The van der Waals surface area contributed by atoms with E-state index in [0.29, 0.717) is 0 Å². The maximum atomic E-state index is 5.68. The van der Waals surface area contributed by atoms with E-state index < -0.39 is 0 Å². The van der Waals surface area contributed by atoms with Crippen molar-refractivity contribution in [3.05, 3.63) is 59.7 Å². The molecule has 0 spiro atoms. The Labute approximate surface area is 123 Å². The fraction of sp³-hybridized carbons (Fsp3) is 0.133. The van der Waals surface area contributed by atoms with Crippen LogP contribution in [0.1, 0.15) is 11.1 Å². The van der Waals surface area contributed by atoms with E-state index in [-0.39, 0.29) is 0 Å². The molecule has 6 nitrogen and oxygen atoms in total. The molecule has 0 saturated carbocycles. The molecule has 0 fully saturated rings. The van der Waals surface area contributed by atoms with Crippen molar-refractivity contribution in [2.75, 3.05) is 18.1 Å². The summed E-state index contributed by atoms with van der Waals surface area (Å²) in [6.45, 7) is 0.767. The minimum atomic E-state index is 0.767. The maximum absolute atomic E-state index is 5.68. The molecule has 0 aromatic heterocycles. The van der Waals surface area contributed by atoms with Crippen LogP contribution in [0.2, 0.25) is 0 Å². The highest BCUT2D eigenvalue weighted by atomic mass is 15.8. The molecule has 0 aliphatic carbocycles. The molecular weight excluding hydrogens is 264 g/mol. The summed E-state index contributed by atoms with van der Waals surface area (Å²) in [6.07, 6.45) is 0. The van der Waals surface area contributed by atoms with Gasteiger partial charge in [0.15, 0.2) is 5.84 Å². The van der Waals surface area contributed by atoms with E-state index in [9.17, 15) is 0 Å². The molecule has 21 heavy (non-hydrogen) atoms. The Hall–Kier alpha value is -2.73. The van der Waals surface area contributed by atoms with Crippen molar-refractivity contribution in [2.24, 2.45) is 5.10 Å². The number of hydrazone groups is 1. The Morgan fingerprint density at radius 2 is 1.81 bits per heavy atom. The van der Waals surface area contributed by atoms with E-state index in [2.05, 4.69) is 21.5 Å². The van der Waals surface area contributed by atoms with E-state index in [1.54, 1.807) is 0 Å². The second-order valence-corrected chi connectivity index (χ2v) is 4.89. The Balaban J connectivity index is 1.63. The number of amidine groups is 1. The zero-order chi connectivity index (χ0) is 14.7. The summed E-state index contributed by atoms with van der Waals surface area (Å²) in [5.74, 6) is 0.861. The summed E-state index contributed by atoms with van der Waals surface area (Å²) in [7, 11) is 1.91. The topological polar surface area (TPSA) is 77.7 Å². The number of rotatable bonds is 4. The third-order valence-corrected chi connectivity index (χ3v) is 3.32. The van der Waals surface area contributed by atoms with E-state index in [1.807, 2.05) is 60.6 Å². The molecule has 2 aromatic carbocycles. The number of anilines is 2. The van der Waals surface area contributed by atoms with Crippen LogP contribution in [0, 0.1) is 0 Å². The first-order valence-corrected chi connectivity index (χ1v) is 6.73. The molecule has 3 rings (SSSR count). The van der Waals surface area contributed by atoms with Gasteiger partial charge in [-0.05, 0) is 42.0 Å². The highest BCUT2D eigenvalue weighted by Crippen LogP contribution is 2.14. The van der Waals surface area contributed by atoms with E-state index in [1.165, 1.54) is 5.56 Å². The quantitative estimate of drug-likeness (QED) is 0.639. The molecule has 1 aliphatic rings. The second-order valence-electron chi connectivity index (χ2n) is 4.89. The van der Waals surface area contributed by atoms with Crippen molar-refractivity contribution in [1.29, 1.82) is 0 Å². The summed E-state index contributed by atoms with van der Waals surface area (Å²) < 4.78 is 0. The molecule has 1 aliphatic heterocycles. The van der Waals surface area contributed by atoms with Crippen LogP contribution in [-0.2, 0) is 6.54 Å². The standard InChI is InChI=1S/C15H18N6/c1-21-15(18-19-20-21)12-4-8-14(9-5-12)17-10-11-2-6-13(16)7-3-11/h2-9,17,19-20H,10,16H2,1H3. The molecule has 0 saturated heterocycles. The SMILES string of the molecule is CN1NNN=C1c1ccc(NCc2ccc(N)cc2)cc1. The molecule has 108 valence electrons. The van der Waals surface area contributed by atoms with Crippen molar-refractivity contribution >= 4 is 17.2 Å². The number of nitrogens with zero attached hydrogens (tertiary/aromatic N) is 2. The number of hydrazine groups is 2. The van der Waals surface area contributed by atoms with E-state index in [4.69, 9.17) is 5.73 Å². The number of hydrogen-bond donors (Lipinski definition) is 4. The predicted octanol–water partition coefficient (Wildman–Crippen LogP) is 1.50. The van der Waals surface area contributed by atoms with Crippen LogP contribution in [0.15, 0.2) is 53.6 Å². The lowest BCUT2D eigenvalue weighted by Gasteiger charge is -2.13. The second kappa shape index (κ2) is 5.72. The highest BCUT2D eigenvalue weighted by Gasteiger charge is 2.13. The van der Waals surface area contributed by atoms with Crippen LogP contribution >= 0.6 is 0 Å². The van der Waals surface area contributed by atoms with Gasteiger partial charge in [-0.1, -0.05) is 12.1 Å². The number of nitrogens with two attached hydrogens (primary N) is 1. The van der Waals surface area contributed by atoms with Crippen LogP contribution in [0.5, 0.6) is 0 Å². The summed E-state index contributed by atoms with van der Waals surface area (Å²) in [4.78, 5) is 0. The third-order valence-electron chi connectivity index (χ3n) is 3.32.